The average Bonchev–Trinajstić information content (AvgIpc) is 2.72. The molecule has 5 nitrogen and oxygen atoms in total. The molecular formula is C21H21Cl2NO4. The molecule has 0 fully saturated rings. The summed E-state index contributed by atoms with van der Waals surface area (Å²) in [6.45, 7) is 4.42. The third kappa shape index (κ3) is 4.32. The van der Waals surface area contributed by atoms with Gasteiger partial charge in [-0.05, 0) is 30.2 Å². The summed E-state index contributed by atoms with van der Waals surface area (Å²) in [5, 5.41) is 10.3. The zero-order valence-corrected chi connectivity index (χ0v) is 17.1. The molecule has 1 aliphatic heterocycles. The smallest absolute Gasteiger partial charge is 0.306 e. The van der Waals surface area contributed by atoms with E-state index in [1.165, 1.54) is 0 Å². The van der Waals surface area contributed by atoms with Crippen molar-refractivity contribution in [2.24, 2.45) is 5.92 Å². The van der Waals surface area contributed by atoms with Gasteiger partial charge in [-0.15, -0.1) is 0 Å². The van der Waals surface area contributed by atoms with Crippen LogP contribution in [0.3, 0.4) is 0 Å². The third-order valence-corrected chi connectivity index (χ3v) is 5.08. The van der Waals surface area contributed by atoms with Crippen LogP contribution in [0, 0.1) is 5.92 Å². The molecule has 0 saturated carbocycles. The van der Waals surface area contributed by atoms with Gasteiger partial charge in [0.25, 0.3) is 5.91 Å². The molecular weight excluding hydrogens is 401 g/mol. The van der Waals surface area contributed by atoms with Crippen molar-refractivity contribution in [1.82, 2.24) is 0 Å². The Morgan fingerprint density at radius 1 is 1.18 bits per heavy atom. The van der Waals surface area contributed by atoms with E-state index >= 15 is 0 Å². The van der Waals surface area contributed by atoms with Crippen LogP contribution in [-0.4, -0.2) is 29.6 Å². The fourth-order valence-electron chi connectivity index (χ4n) is 3.35. The van der Waals surface area contributed by atoms with Crippen molar-refractivity contribution in [3.63, 3.8) is 0 Å². The van der Waals surface area contributed by atoms with E-state index in [1.807, 2.05) is 19.9 Å². The lowest BCUT2D eigenvalue weighted by Gasteiger charge is -2.26. The van der Waals surface area contributed by atoms with Crippen LogP contribution in [-0.2, 0) is 14.3 Å². The lowest BCUT2D eigenvalue weighted by Crippen LogP contribution is -2.42. The highest BCUT2D eigenvalue weighted by atomic mass is 35.5. The fourth-order valence-corrected chi connectivity index (χ4v) is 3.76. The zero-order valence-electron chi connectivity index (χ0n) is 15.6. The molecule has 2 aromatic carbocycles. The minimum absolute atomic E-state index is 0.176. The molecule has 0 radical (unpaired) electrons. The minimum Gasteiger partial charge on any atom is -0.481 e. The van der Waals surface area contributed by atoms with Crippen LogP contribution < -0.4 is 4.90 Å². The normalized spacial score (nSPS) is 19.5. The second-order valence-corrected chi connectivity index (χ2v) is 8.01. The van der Waals surface area contributed by atoms with E-state index in [0.717, 1.165) is 0 Å². The van der Waals surface area contributed by atoms with Crippen molar-refractivity contribution in [3.8, 4) is 0 Å². The molecule has 1 aliphatic rings. The highest BCUT2D eigenvalue weighted by molar-refractivity contribution is 6.31. The number of anilines is 1. The van der Waals surface area contributed by atoms with Crippen molar-refractivity contribution in [1.29, 1.82) is 0 Å². The predicted octanol–water partition coefficient (Wildman–Crippen LogP) is 4.95. The molecule has 1 amide bonds. The standard InChI is InChI=1S/C21H21Cl2NO4/c1-12(2)11-24-17-8-7-13(22)9-15(17)20(14-5-3-4-6-16(14)23)28-18(21(24)27)10-19(25)26/h3-9,12,18,20H,10-11H2,1-2H3,(H,25,26)/t18-,20-/m0/s1. The summed E-state index contributed by atoms with van der Waals surface area (Å²) in [6.07, 6.45) is -2.28. The molecule has 0 spiro atoms. The molecule has 7 heteroatoms. The molecule has 28 heavy (non-hydrogen) atoms. The number of carbonyl (C=O) groups is 2. The number of carboxylic acid groups (broad SMARTS) is 1. The van der Waals surface area contributed by atoms with Crippen LogP contribution in [0.1, 0.15) is 37.5 Å². The molecule has 2 atom stereocenters. The number of aliphatic carboxylic acids is 1. The molecule has 2 aromatic rings. The topological polar surface area (TPSA) is 66.8 Å². The molecule has 0 unspecified atom stereocenters. The molecule has 148 valence electrons. The summed E-state index contributed by atoms with van der Waals surface area (Å²) in [5.41, 5.74) is 1.99. The fraction of sp³-hybridized carbons (Fsp3) is 0.333. The van der Waals surface area contributed by atoms with Crippen LogP contribution in [0.15, 0.2) is 42.5 Å². The summed E-state index contributed by atoms with van der Waals surface area (Å²) >= 11 is 12.6. The summed E-state index contributed by atoms with van der Waals surface area (Å²) < 4.78 is 6.08. The first-order valence-corrected chi connectivity index (χ1v) is 9.76. The first-order chi connectivity index (χ1) is 13.3. The van der Waals surface area contributed by atoms with Crippen LogP contribution in [0.4, 0.5) is 5.69 Å². The van der Waals surface area contributed by atoms with Gasteiger partial charge < -0.3 is 14.7 Å². The highest BCUT2D eigenvalue weighted by Crippen LogP contribution is 2.42. The van der Waals surface area contributed by atoms with Crippen LogP contribution in [0.25, 0.3) is 0 Å². The first-order valence-electron chi connectivity index (χ1n) is 9.00. The molecule has 0 saturated heterocycles. The monoisotopic (exact) mass is 421 g/mol. The number of amides is 1. The third-order valence-electron chi connectivity index (χ3n) is 4.50. The van der Waals surface area contributed by atoms with Crippen LogP contribution in [0.5, 0.6) is 0 Å². The predicted molar refractivity (Wildman–Crippen MR) is 109 cm³/mol. The van der Waals surface area contributed by atoms with Crippen molar-refractivity contribution in [2.45, 2.75) is 32.5 Å². The summed E-state index contributed by atoms with van der Waals surface area (Å²) in [5.74, 6) is -1.31. The van der Waals surface area contributed by atoms with E-state index < -0.39 is 24.6 Å². The van der Waals surface area contributed by atoms with Crippen LogP contribution in [0.2, 0.25) is 10.0 Å². The number of halogens is 2. The number of hydrogen-bond donors (Lipinski definition) is 1. The average molecular weight is 422 g/mol. The van der Waals surface area contributed by atoms with Gasteiger partial charge in [-0.25, -0.2) is 0 Å². The number of benzene rings is 2. The summed E-state index contributed by atoms with van der Waals surface area (Å²) in [7, 11) is 0. The maximum Gasteiger partial charge on any atom is 0.306 e. The molecule has 1 N–H and O–H groups in total. The van der Waals surface area contributed by atoms with E-state index in [4.69, 9.17) is 27.9 Å². The maximum atomic E-state index is 13.2. The Hall–Kier alpha value is -2.08. The van der Waals surface area contributed by atoms with Gasteiger partial charge in [-0.1, -0.05) is 55.2 Å². The van der Waals surface area contributed by atoms with Gasteiger partial charge >= 0.3 is 5.97 Å². The number of ether oxygens (including phenoxy) is 1. The largest absolute Gasteiger partial charge is 0.481 e. The van der Waals surface area contributed by atoms with Gasteiger partial charge in [0.1, 0.15) is 12.2 Å². The van der Waals surface area contributed by atoms with Crippen molar-refractivity contribution >= 4 is 40.8 Å². The van der Waals surface area contributed by atoms with Gasteiger partial charge in [-0.3, -0.25) is 9.59 Å². The van der Waals surface area contributed by atoms with E-state index in [9.17, 15) is 14.7 Å². The number of rotatable bonds is 5. The van der Waals surface area contributed by atoms with Gasteiger partial charge in [0.2, 0.25) is 0 Å². The van der Waals surface area contributed by atoms with Crippen molar-refractivity contribution in [3.05, 3.63) is 63.6 Å². The second-order valence-electron chi connectivity index (χ2n) is 7.17. The molecule has 0 aliphatic carbocycles. The number of hydrogen-bond acceptors (Lipinski definition) is 3. The quantitative estimate of drug-likeness (QED) is 0.741. The Bertz CT molecular complexity index is 900. The van der Waals surface area contributed by atoms with Crippen LogP contribution >= 0.6 is 23.2 Å². The Morgan fingerprint density at radius 3 is 2.54 bits per heavy atom. The summed E-state index contributed by atoms with van der Waals surface area (Å²) in [4.78, 5) is 26.2. The molecule has 1 heterocycles. The maximum absolute atomic E-state index is 13.2. The molecule has 0 aromatic heterocycles. The second kappa shape index (κ2) is 8.52. The van der Waals surface area contributed by atoms with Gasteiger partial charge in [-0.2, -0.15) is 0 Å². The van der Waals surface area contributed by atoms with Crippen molar-refractivity contribution < 1.29 is 19.4 Å². The van der Waals surface area contributed by atoms with Gasteiger partial charge in [0.15, 0.2) is 0 Å². The lowest BCUT2D eigenvalue weighted by molar-refractivity contribution is -0.146. The number of fused-ring (bicyclic) bond motifs is 1. The van der Waals surface area contributed by atoms with Crippen molar-refractivity contribution in [2.75, 3.05) is 11.4 Å². The lowest BCUT2D eigenvalue weighted by atomic mass is 9.99. The number of nitrogens with zero attached hydrogens (tertiary/aromatic N) is 1. The van der Waals surface area contributed by atoms with E-state index in [-0.39, 0.29) is 11.8 Å². The zero-order chi connectivity index (χ0) is 20.4. The Balaban J connectivity index is 2.20. The van der Waals surface area contributed by atoms with E-state index in [1.54, 1.807) is 41.3 Å². The van der Waals surface area contributed by atoms with Gasteiger partial charge in [0, 0.05) is 33.4 Å². The number of carbonyl (C=O) groups excluding carboxylic acids is 1. The number of carboxylic acids is 1. The van der Waals surface area contributed by atoms with E-state index in [2.05, 4.69) is 0 Å². The summed E-state index contributed by atoms with van der Waals surface area (Å²) in [6, 6.07) is 12.4. The SMILES string of the molecule is CC(C)CN1C(=O)[C@H](CC(=O)O)O[C@@H](c2ccccc2Cl)c2cc(Cl)ccc21. The van der Waals surface area contributed by atoms with E-state index in [0.29, 0.717) is 33.4 Å². The first kappa shape index (κ1) is 20.6. The molecule has 0 bridgehead atoms. The Morgan fingerprint density at radius 2 is 1.89 bits per heavy atom. The Labute approximate surface area is 173 Å². The minimum atomic E-state index is -1.14. The highest BCUT2D eigenvalue weighted by Gasteiger charge is 2.38. The Kier molecular flexibility index (Phi) is 6.28. The molecule has 3 rings (SSSR count). The van der Waals surface area contributed by atoms with Gasteiger partial charge in [0.05, 0.1) is 6.42 Å².